The fourth-order valence-corrected chi connectivity index (χ4v) is 3.74. The second-order valence-electron chi connectivity index (χ2n) is 8.95. The first kappa shape index (κ1) is 21.6. The molecule has 0 aliphatic rings. The van der Waals surface area contributed by atoms with Crippen molar-refractivity contribution < 1.29 is 9.84 Å². The van der Waals surface area contributed by atoms with Crippen molar-refractivity contribution in [3.63, 3.8) is 0 Å². The lowest BCUT2D eigenvalue weighted by atomic mass is 9.79. The first-order valence-electron chi connectivity index (χ1n) is 10.8. The Balaban J connectivity index is 1.67. The van der Waals surface area contributed by atoms with E-state index in [-0.39, 0.29) is 11.2 Å². The largest absolute Gasteiger partial charge is 0.504 e. The molecule has 0 fully saturated rings. The molecule has 0 radical (unpaired) electrons. The zero-order valence-electron chi connectivity index (χ0n) is 18.9. The average molecular weight is 425 g/mol. The summed E-state index contributed by atoms with van der Waals surface area (Å²) in [7, 11) is 0. The summed E-state index contributed by atoms with van der Waals surface area (Å²) < 4.78 is 5.84. The second kappa shape index (κ2) is 8.46. The molecular weight excluding hydrogens is 396 g/mol. The van der Waals surface area contributed by atoms with Crippen LogP contribution in [0.2, 0.25) is 0 Å². The first-order chi connectivity index (χ1) is 15.3. The molecule has 2 aromatic heterocycles. The fourth-order valence-electron chi connectivity index (χ4n) is 3.74. The number of rotatable bonds is 6. The molecule has 0 saturated heterocycles. The molecule has 1 N–H and O–H groups in total. The van der Waals surface area contributed by atoms with Gasteiger partial charge in [-0.25, -0.2) is 4.98 Å². The van der Waals surface area contributed by atoms with Crippen LogP contribution in [0.4, 0.5) is 0 Å². The van der Waals surface area contributed by atoms with Gasteiger partial charge in [0.2, 0.25) is 5.88 Å². The average Bonchev–Trinajstić information content (AvgIpc) is 2.81. The normalized spacial score (nSPS) is 11.9. The van der Waals surface area contributed by atoms with E-state index in [9.17, 15) is 5.11 Å². The van der Waals surface area contributed by atoms with E-state index in [1.807, 2.05) is 30.3 Å². The highest BCUT2D eigenvalue weighted by atomic mass is 16.5. The molecule has 4 nitrogen and oxygen atoms in total. The molecule has 0 unspecified atom stereocenters. The van der Waals surface area contributed by atoms with Gasteiger partial charge in [-0.1, -0.05) is 68.4 Å². The number of nitrogens with zero attached hydrogens (tertiary/aromatic N) is 2. The Bertz CT molecular complexity index is 1220. The van der Waals surface area contributed by atoms with E-state index in [4.69, 9.17) is 14.7 Å². The third kappa shape index (κ3) is 4.22. The number of ether oxygens (including phenoxy) is 1. The van der Waals surface area contributed by atoms with Crippen LogP contribution in [0.3, 0.4) is 0 Å². The Morgan fingerprint density at radius 3 is 1.84 bits per heavy atom. The van der Waals surface area contributed by atoms with Crippen molar-refractivity contribution in [2.45, 2.75) is 38.5 Å². The molecule has 4 rings (SSSR count). The highest BCUT2D eigenvalue weighted by molar-refractivity contribution is 5.41. The number of phenolic OH excluding ortho intramolecular Hbond substituents is 1. The minimum absolute atomic E-state index is 0.0801. The van der Waals surface area contributed by atoms with Crippen LogP contribution in [-0.2, 0) is 10.8 Å². The zero-order chi connectivity index (χ0) is 22.8. The maximum absolute atomic E-state index is 10.0. The second-order valence-corrected chi connectivity index (χ2v) is 8.95. The van der Waals surface area contributed by atoms with Crippen LogP contribution < -0.4 is 4.74 Å². The summed E-state index contributed by atoms with van der Waals surface area (Å²) in [4.78, 5) is 9.81. The lowest BCUT2D eigenvalue weighted by Gasteiger charge is -2.29. The summed E-state index contributed by atoms with van der Waals surface area (Å²) in [6, 6.07) is 29.2. The molecule has 32 heavy (non-hydrogen) atoms. The van der Waals surface area contributed by atoms with E-state index in [0.717, 1.165) is 17.1 Å². The van der Waals surface area contributed by atoms with Crippen LogP contribution in [0, 0.1) is 0 Å². The molecule has 0 saturated carbocycles. The maximum Gasteiger partial charge on any atom is 0.219 e. The summed E-state index contributed by atoms with van der Waals surface area (Å²) in [5.74, 6) is 0.883. The summed E-state index contributed by atoms with van der Waals surface area (Å²) in [5.41, 5.74) is 3.34. The van der Waals surface area contributed by atoms with Gasteiger partial charge in [0.25, 0.3) is 0 Å². The van der Waals surface area contributed by atoms with Gasteiger partial charge in [0.15, 0.2) is 11.5 Å². The molecule has 0 atom stereocenters. The smallest absolute Gasteiger partial charge is 0.219 e. The van der Waals surface area contributed by atoms with Gasteiger partial charge >= 0.3 is 0 Å². The van der Waals surface area contributed by atoms with Crippen molar-refractivity contribution in [2.75, 3.05) is 0 Å². The molecule has 162 valence electrons. The van der Waals surface area contributed by atoms with Crippen LogP contribution in [0.5, 0.6) is 17.4 Å². The Labute approximate surface area is 189 Å². The van der Waals surface area contributed by atoms with E-state index in [1.165, 1.54) is 5.56 Å². The number of aromatic hydroxyl groups is 1. The summed E-state index contributed by atoms with van der Waals surface area (Å²) in [6.07, 6.45) is 0. The summed E-state index contributed by atoms with van der Waals surface area (Å²) in [6.45, 7) is 8.61. The summed E-state index contributed by atoms with van der Waals surface area (Å²) in [5, 5.41) is 10.0. The van der Waals surface area contributed by atoms with Gasteiger partial charge in [-0.15, -0.1) is 0 Å². The number of para-hydroxylation sites is 2. The van der Waals surface area contributed by atoms with Gasteiger partial charge in [0.05, 0.1) is 17.1 Å². The standard InChI is InChI=1S/C28H28N2O2/c1-27(2,20-12-6-5-7-13-20)23-16-10-17-24(29-23)28(3,4)25-18-11-19-26(30-25)32-22-15-9-8-14-21(22)31/h5-19,31H,1-4H3. The van der Waals surface area contributed by atoms with Crippen LogP contribution >= 0.6 is 0 Å². The monoisotopic (exact) mass is 424 g/mol. The Hall–Kier alpha value is -3.66. The number of aromatic nitrogens is 2. The SMILES string of the molecule is CC(C)(c1ccccc1)c1cccc(C(C)(C)c2cccc(Oc3ccccc3O)n2)n1. The van der Waals surface area contributed by atoms with E-state index in [1.54, 1.807) is 24.3 Å². The molecule has 0 bridgehead atoms. The highest BCUT2D eigenvalue weighted by Crippen LogP contribution is 2.35. The molecule has 0 spiro atoms. The molecule has 4 aromatic rings. The maximum atomic E-state index is 10.0. The molecular formula is C28H28N2O2. The Morgan fingerprint density at radius 2 is 1.16 bits per heavy atom. The number of hydrogen-bond donors (Lipinski definition) is 1. The van der Waals surface area contributed by atoms with Crippen molar-refractivity contribution in [3.8, 4) is 17.4 Å². The van der Waals surface area contributed by atoms with E-state index in [2.05, 4.69) is 64.1 Å². The lowest BCUT2D eigenvalue weighted by molar-refractivity contribution is 0.400. The molecule has 0 aliphatic carbocycles. The minimum atomic E-state index is -0.444. The highest BCUT2D eigenvalue weighted by Gasteiger charge is 2.30. The lowest BCUT2D eigenvalue weighted by Crippen LogP contribution is -2.26. The Morgan fingerprint density at radius 1 is 0.594 bits per heavy atom. The van der Waals surface area contributed by atoms with Crippen molar-refractivity contribution >= 4 is 0 Å². The van der Waals surface area contributed by atoms with Gasteiger partial charge in [-0.3, -0.25) is 4.98 Å². The molecule has 2 aromatic carbocycles. The van der Waals surface area contributed by atoms with Crippen molar-refractivity contribution in [1.29, 1.82) is 0 Å². The molecule has 2 heterocycles. The van der Waals surface area contributed by atoms with Gasteiger partial charge in [0, 0.05) is 16.9 Å². The third-order valence-corrected chi connectivity index (χ3v) is 5.97. The van der Waals surface area contributed by atoms with Gasteiger partial charge in [-0.2, -0.15) is 0 Å². The van der Waals surface area contributed by atoms with Gasteiger partial charge in [0.1, 0.15) is 0 Å². The fraction of sp³-hybridized carbons (Fsp3) is 0.214. The minimum Gasteiger partial charge on any atom is -0.504 e. The van der Waals surface area contributed by atoms with E-state index < -0.39 is 5.41 Å². The van der Waals surface area contributed by atoms with Crippen LogP contribution in [0.1, 0.15) is 50.3 Å². The zero-order valence-corrected chi connectivity index (χ0v) is 18.9. The predicted molar refractivity (Wildman–Crippen MR) is 127 cm³/mol. The first-order valence-corrected chi connectivity index (χ1v) is 10.8. The van der Waals surface area contributed by atoms with E-state index in [0.29, 0.717) is 11.6 Å². The molecule has 0 aliphatic heterocycles. The predicted octanol–water partition coefficient (Wildman–Crippen LogP) is 6.63. The van der Waals surface area contributed by atoms with Gasteiger partial charge in [-0.05, 0) is 49.7 Å². The van der Waals surface area contributed by atoms with Crippen LogP contribution in [0.25, 0.3) is 0 Å². The van der Waals surface area contributed by atoms with Crippen molar-refractivity contribution in [2.24, 2.45) is 0 Å². The molecule has 0 amide bonds. The van der Waals surface area contributed by atoms with Crippen molar-refractivity contribution in [3.05, 3.63) is 114 Å². The quantitative estimate of drug-likeness (QED) is 0.378. The van der Waals surface area contributed by atoms with Crippen LogP contribution in [-0.4, -0.2) is 15.1 Å². The number of hydrogen-bond acceptors (Lipinski definition) is 4. The van der Waals surface area contributed by atoms with E-state index >= 15 is 0 Å². The topological polar surface area (TPSA) is 55.2 Å². The van der Waals surface area contributed by atoms with Crippen molar-refractivity contribution in [1.82, 2.24) is 9.97 Å². The number of pyridine rings is 2. The van der Waals surface area contributed by atoms with Crippen LogP contribution in [0.15, 0.2) is 91.0 Å². The number of benzene rings is 2. The summed E-state index contributed by atoms with van der Waals surface area (Å²) >= 11 is 0. The van der Waals surface area contributed by atoms with Gasteiger partial charge < -0.3 is 9.84 Å². The third-order valence-electron chi connectivity index (χ3n) is 5.97. The Kier molecular flexibility index (Phi) is 5.70. The number of phenols is 1. The molecule has 4 heteroatoms.